The van der Waals surface area contributed by atoms with Crippen molar-refractivity contribution in [2.75, 3.05) is 6.61 Å². The fourth-order valence-corrected chi connectivity index (χ4v) is 1.91. The molecule has 0 unspecified atom stereocenters. The molecule has 0 saturated carbocycles. The Labute approximate surface area is 110 Å². The lowest BCUT2D eigenvalue weighted by molar-refractivity contribution is 0.0524. The van der Waals surface area contributed by atoms with Gasteiger partial charge in [0.1, 0.15) is 11.8 Å². The molecule has 1 aromatic heterocycles. The van der Waals surface area contributed by atoms with E-state index in [1.54, 1.807) is 35.6 Å². The summed E-state index contributed by atoms with van der Waals surface area (Å²) in [6, 6.07) is 1.72. The molecule has 0 saturated heterocycles. The molecular formula is C10H7F2IN2O2. The summed E-state index contributed by atoms with van der Waals surface area (Å²) < 4.78 is 29.7. The van der Waals surface area contributed by atoms with Crippen molar-refractivity contribution >= 4 is 28.6 Å². The van der Waals surface area contributed by atoms with E-state index in [0.717, 1.165) is 6.20 Å². The van der Waals surface area contributed by atoms with Crippen molar-refractivity contribution in [1.82, 2.24) is 4.98 Å². The van der Waals surface area contributed by atoms with E-state index in [2.05, 4.69) is 4.98 Å². The van der Waals surface area contributed by atoms with Gasteiger partial charge in [-0.25, -0.2) is 13.6 Å². The first-order chi connectivity index (χ1) is 8.02. The summed E-state index contributed by atoms with van der Waals surface area (Å²) in [7, 11) is 0. The van der Waals surface area contributed by atoms with Crippen molar-refractivity contribution in [2.45, 2.75) is 13.3 Å². The Kier molecular flexibility index (Phi) is 4.74. The SMILES string of the molecule is CCOC(=O)c1cnc(C(F)F)c(I)c1C#N. The van der Waals surface area contributed by atoms with E-state index in [-0.39, 0.29) is 21.3 Å². The summed E-state index contributed by atoms with van der Waals surface area (Å²) in [5.74, 6) is -0.740. The Hall–Kier alpha value is -1.30. The van der Waals surface area contributed by atoms with Gasteiger partial charge in [0.2, 0.25) is 0 Å². The number of carbonyl (C=O) groups is 1. The van der Waals surface area contributed by atoms with Crippen LogP contribution in [0.25, 0.3) is 0 Å². The minimum atomic E-state index is -2.79. The van der Waals surface area contributed by atoms with E-state index in [0.29, 0.717) is 0 Å². The predicted octanol–water partition coefficient (Wildman–Crippen LogP) is 2.67. The van der Waals surface area contributed by atoms with E-state index < -0.39 is 18.1 Å². The molecule has 0 aromatic carbocycles. The molecule has 4 nitrogen and oxygen atoms in total. The van der Waals surface area contributed by atoms with Gasteiger partial charge in [-0.1, -0.05) is 0 Å². The highest BCUT2D eigenvalue weighted by atomic mass is 127. The fraction of sp³-hybridized carbons (Fsp3) is 0.300. The topological polar surface area (TPSA) is 63.0 Å². The second-order valence-corrected chi connectivity index (χ2v) is 3.96. The highest BCUT2D eigenvalue weighted by Crippen LogP contribution is 2.26. The lowest BCUT2D eigenvalue weighted by Gasteiger charge is -2.08. The van der Waals surface area contributed by atoms with E-state index in [1.807, 2.05) is 0 Å². The van der Waals surface area contributed by atoms with E-state index in [9.17, 15) is 13.6 Å². The summed E-state index contributed by atoms with van der Waals surface area (Å²) in [5.41, 5.74) is -0.729. The molecule has 1 aromatic rings. The van der Waals surface area contributed by atoms with Gasteiger partial charge in [-0.15, -0.1) is 0 Å². The highest BCUT2D eigenvalue weighted by molar-refractivity contribution is 14.1. The molecule has 0 atom stereocenters. The van der Waals surface area contributed by atoms with Gasteiger partial charge in [-0.05, 0) is 29.5 Å². The third kappa shape index (κ3) is 2.88. The quantitative estimate of drug-likeness (QED) is 0.620. The van der Waals surface area contributed by atoms with Gasteiger partial charge in [0, 0.05) is 6.20 Å². The summed E-state index contributed by atoms with van der Waals surface area (Å²) in [6.45, 7) is 1.74. The van der Waals surface area contributed by atoms with Crippen LogP contribution in [0.5, 0.6) is 0 Å². The summed E-state index contributed by atoms with van der Waals surface area (Å²) in [6.07, 6.45) is -1.84. The highest BCUT2D eigenvalue weighted by Gasteiger charge is 2.22. The Balaban J connectivity index is 3.32. The molecule has 0 amide bonds. The third-order valence-electron chi connectivity index (χ3n) is 1.86. The van der Waals surface area contributed by atoms with Crippen LogP contribution in [0, 0.1) is 14.9 Å². The number of halogens is 3. The zero-order chi connectivity index (χ0) is 13.0. The van der Waals surface area contributed by atoms with Gasteiger partial charge in [0.15, 0.2) is 0 Å². The molecule has 0 aliphatic rings. The summed E-state index contributed by atoms with van der Waals surface area (Å²) in [4.78, 5) is 14.9. The van der Waals surface area contributed by atoms with Gasteiger partial charge in [-0.3, -0.25) is 4.98 Å². The Morgan fingerprint density at radius 1 is 1.71 bits per heavy atom. The third-order valence-corrected chi connectivity index (χ3v) is 2.95. The Morgan fingerprint density at radius 2 is 2.35 bits per heavy atom. The van der Waals surface area contributed by atoms with Crippen molar-refractivity contribution in [3.63, 3.8) is 0 Å². The van der Waals surface area contributed by atoms with Crippen LogP contribution < -0.4 is 0 Å². The van der Waals surface area contributed by atoms with Crippen LogP contribution in [0.2, 0.25) is 0 Å². The zero-order valence-corrected chi connectivity index (χ0v) is 10.9. The van der Waals surface area contributed by atoms with Gasteiger partial charge < -0.3 is 4.74 Å². The Morgan fingerprint density at radius 3 is 2.82 bits per heavy atom. The molecule has 7 heteroatoms. The second-order valence-electron chi connectivity index (χ2n) is 2.88. The zero-order valence-electron chi connectivity index (χ0n) is 8.71. The molecule has 0 spiro atoms. The van der Waals surface area contributed by atoms with Crippen LogP contribution in [-0.2, 0) is 4.74 Å². The number of nitriles is 1. The van der Waals surface area contributed by atoms with Crippen LogP contribution in [0.3, 0.4) is 0 Å². The number of carbonyl (C=O) groups excluding carboxylic acids is 1. The van der Waals surface area contributed by atoms with Crippen molar-refractivity contribution < 1.29 is 18.3 Å². The number of alkyl halides is 2. The largest absolute Gasteiger partial charge is 0.462 e. The van der Waals surface area contributed by atoms with E-state index >= 15 is 0 Å². The van der Waals surface area contributed by atoms with E-state index in [1.165, 1.54) is 0 Å². The fourth-order valence-electron chi connectivity index (χ4n) is 1.13. The number of nitrogens with zero attached hydrogens (tertiary/aromatic N) is 2. The predicted molar refractivity (Wildman–Crippen MR) is 62.6 cm³/mol. The maximum atomic E-state index is 12.5. The number of hydrogen-bond acceptors (Lipinski definition) is 4. The number of rotatable bonds is 3. The van der Waals surface area contributed by atoms with Crippen molar-refractivity contribution in [2.24, 2.45) is 0 Å². The molecule has 90 valence electrons. The number of pyridine rings is 1. The molecule has 1 rings (SSSR count). The molecule has 1 heterocycles. The summed E-state index contributed by atoms with van der Waals surface area (Å²) >= 11 is 1.57. The number of esters is 1. The van der Waals surface area contributed by atoms with Gasteiger partial charge >= 0.3 is 5.97 Å². The lowest BCUT2D eigenvalue weighted by atomic mass is 10.1. The molecule has 0 bridgehead atoms. The van der Waals surface area contributed by atoms with Crippen LogP contribution in [-0.4, -0.2) is 17.6 Å². The first-order valence-corrected chi connectivity index (χ1v) is 5.64. The van der Waals surface area contributed by atoms with Crippen LogP contribution >= 0.6 is 22.6 Å². The monoisotopic (exact) mass is 352 g/mol. The van der Waals surface area contributed by atoms with Crippen molar-refractivity contribution in [1.29, 1.82) is 5.26 Å². The lowest BCUT2D eigenvalue weighted by Crippen LogP contribution is -2.11. The number of aromatic nitrogens is 1. The van der Waals surface area contributed by atoms with Gasteiger partial charge in [0.25, 0.3) is 6.43 Å². The maximum Gasteiger partial charge on any atom is 0.341 e. The molecule has 17 heavy (non-hydrogen) atoms. The standard InChI is InChI=1S/C10H7F2IN2O2/c1-2-17-10(16)6-4-15-8(9(11)12)7(13)5(6)3-14/h4,9H,2H2,1H3. The minimum absolute atomic E-state index is 0.0225. The van der Waals surface area contributed by atoms with E-state index in [4.69, 9.17) is 10.00 Å². The molecule has 0 aliphatic carbocycles. The second kappa shape index (κ2) is 5.86. The summed E-state index contributed by atoms with van der Waals surface area (Å²) in [5, 5.41) is 8.89. The van der Waals surface area contributed by atoms with Crippen LogP contribution in [0.4, 0.5) is 8.78 Å². The smallest absolute Gasteiger partial charge is 0.341 e. The maximum absolute atomic E-state index is 12.5. The van der Waals surface area contributed by atoms with Crippen LogP contribution in [0.15, 0.2) is 6.20 Å². The normalized spacial score (nSPS) is 10.1. The average Bonchev–Trinajstić information content (AvgIpc) is 2.28. The first kappa shape index (κ1) is 13.8. The number of hydrogen-bond donors (Lipinski definition) is 0. The van der Waals surface area contributed by atoms with Crippen molar-refractivity contribution in [3.8, 4) is 6.07 Å². The van der Waals surface area contributed by atoms with Crippen LogP contribution in [0.1, 0.15) is 35.0 Å². The molecular weight excluding hydrogens is 345 g/mol. The number of ether oxygens (including phenoxy) is 1. The average molecular weight is 352 g/mol. The minimum Gasteiger partial charge on any atom is -0.462 e. The van der Waals surface area contributed by atoms with Gasteiger partial charge in [-0.2, -0.15) is 5.26 Å². The molecule has 0 N–H and O–H groups in total. The Bertz CT molecular complexity index is 486. The first-order valence-electron chi connectivity index (χ1n) is 4.56. The van der Waals surface area contributed by atoms with Gasteiger partial charge in [0.05, 0.1) is 21.3 Å². The van der Waals surface area contributed by atoms with Crippen molar-refractivity contribution in [3.05, 3.63) is 26.6 Å². The molecule has 0 aliphatic heterocycles. The molecule has 0 radical (unpaired) electrons. The molecule has 0 fully saturated rings.